The molecule has 0 aliphatic carbocycles. The normalized spacial score (nSPS) is 15.3. The molecule has 3 aromatic rings. The molecule has 0 bridgehead atoms. The highest BCUT2D eigenvalue weighted by atomic mass is 32.1. The minimum atomic E-state index is -0.691. The summed E-state index contributed by atoms with van der Waals surface area (Å²) in [6, 6.07) is 11.9. The second kappa shape index (κ2) is 18.3. The Labute approximate surface area is 296 Å². The van der Waals surface area contributed by atoms with Gasteiger partial charge in [0.15, 0.2) is 0 Å². The third-order valence-corrected chi connectivity index (χ3v) is 8.94. The number of cyclic esters (lactones) is 1. The van der Waals surface area contributed by atoms with E-state index < -0.39 is 36.0 Å². The van der Waals surface area contributed by atoms with Crippen molar-refractivity contribution in [3.05, 3.63) is 81.8 Å². The molecule has 2 heterocycles. The molecule has 1 aliphatic heterocycles. The number of ether oxygens (including phenoxy) is 1. The van der Waals surface area contributed by atoms with Gasteiger partial charge in [0.1, 0.15) is 6.04 Å². The molecule has 0 unspecified atom stereocenters. The zero-order valence-electron chi connectivity index (χ0n) is 29.2. The first-order valence-corrected chi connectivity index (χ1v) is 17.9. The van der Waals surface area contributed by atoms with Gasteiger partial charge in [-0.1, -0.05) is 44.2 Å². The molecule has 0 saturated carbocycles. The van der Waals surface area contributed by atoms with Gasteiger partial charge >= 0.3 is 6.09 Å². The van der Waals surface area contributed by atoms with Gasteiger partial charge in [-0.2, -0.15) is 0 Å². The van der Waals surface area contributed by atoms with Crippen LogP contribution in [0.4, 0.5) is 10.5 Å². The Morgan fingerprint density at radius 3 is 2.26 bits per heavy atom. The summed E-state index contributed by atoms with van der Waals surface area (Å²) in [5.74, 6) is -1.60. The van der Waals surface area contributed by atoms with E-state index in [1.165, 1.54) is 22.3 Å². The molecule has 2 aromatic carbocycles. The molecule has 5 amide bonds. The molecule has 1 fully saturated rings. The van der Waals surface area contributed by atoms with Crippen molar-refractivity contribution in [2.75, 3.05) is 31.1 Å². The first-order valence-electron chi connectivity index (χ1n) is 16.9. The number of amides is 5. The Balaban J connectivity index is 1.54. The molecule has 50 heavy (non-hydrogen) atoms. The van der Waals surface area contributed by atoms with Crippen LogP contribution in [-0.4, -0.2) is 79.1 Å². The number of nitrogens with zero attached hydrogens (tertiary/aromatic N) is 2. The van der Waals surface area contributed by atoms with E-state index in [2.05, 4.69) is 31.6 Å². The Kier molecular flexibility index (Phi) is 13.9. The lowest BCUT2D eigenvalue weighted by atomic mass is 10.0. The second-order valence-corrected chi connectivity index (χ2v) is 13.3. The molecular formula is C36H47N7O6S. The van der Waals surface area contributed by atoms with Gasteiger partial charge in [-0.25, -0.2) is 9.78 Å². The summed E-state index contributed by atoms with van der Waals surface area (Å²) in [6.07, 6.45) is 0.412. The van der Waals surface area contributed by atoms with E-state index >= 15 is 0 Å². The molecule has 14 heteroatoms. The molecule has 0 spiro atoms. The van der Waals surface area contributed by atoms with Gasteiger partial charge in [0.05, 0.1) is 29.9 Å². The van der Waals surface area contributed by atoms with Crippen LogP contribution in [0.5, 0.6) is 0 Å². The maximum atomic E-state index is 13.9. The molecule has 5 N–H and O–H groups in total. The number of rotatable bonds is 16. The van der Waals surface area contributed by atoms with E-state index in [9.17, 15) is 24.0 Å². The molecule has 1 aliphatic rings. The molecule has 13 nitrogen and oxygen atoms in total. The molecule has 4 atom stereocenters. The fourth-order valence-corrected chi connectivity index (χ4v) is 6.03. The second-order valence-electron chi connectivity index (χ2n) is 12.6. The Morgan fingerprint density at radius 1 is 0.940 bits per heavy atom. The zero-order chi connectivity index (χ0) is 36.2. The molecular weight excluding hydrogens is 659 g/mol. The summed E-state index contributed by atoms with van der Waals surface area (Å²) < 4.78 is 5.24. The van der Waals surface area contributed by atoms with Gasteiger partial charge in [0, 0.05) is 54.3 Å². The number of benzene rings is 2. The van der Waals surface area contributed by atoms with E-state index in [-0.39, 0.29) is 41.4 Å². The van der Waals surface area contributed by atoms with Crippen LogP contribution in [0.3, 0.4) is 0 Å². The first-order chi connectivity index (χ1) is 24.0. The Morgan fingerprint density at radius 2 is 1.64 bits per heavy atom. The number of likely N-dealkylation sites (N-methyl/N-ethyl adjacent to an activating group) is 1. The molecule has 268 valence electrons. The van der Waals surface area contributed by atoms with Crippen LogP contribution >= 0.6 is 11.3 Å². The number of carbonyl (C=O) groups is 5. The average Bonchev–Trinajstić information content (AvgIpc) is 3.62. The van der Waals surface area contributed by atoms with Crippen LogP contribution in [0.2, 0.25) is 0 Å². The van der Waals surface area contributed by atoms with Crippen LogP contribution < -0.4 is 31.5 Å². The van der Waals surface area contributed by atoms with Gasteiger partial charge in [-0.3, -0.25) is 24.1 Å². The van der Waals surface area contributed by atoms with Crippen molar-refractivity contribution in [3.8, 4) is 0 Å². The maximum Gasteiger partial charge on any atom is 0.414 e. The van der Waals surface area contributed by atoms with Crippen molar-refractivity contribution < 1.29 is 28.7 Å². The molecule has 4 rings (SSSR count). The van der Waals surface area contributed by atoms with Crippen LogP contribution in [0.15, 0.2) is 59.4 Å². The minimum Gasteiger partial charge on any atom is -0.449 e. The average molecular weight is 706 g/mol. The predicted octanol–water partition coefficient (Wildman–Crippen LogP) is 3.58. The van der Waals surface area contributed by atoms with E-state index in [4.69, 9.17) is 4.74 Å². The van der Waals surface area contributed by atoms with Crippen LogP contribution in [0.25, 0.3) is 0 Å². The SMILES string of the molecule is CCNC(=O)[C@@H](NC(=O)[C@H](C)NC[C@H](Cc1cscn1)NC(=O)c1cc(C(=O)N[C@H](C)c2ccccc2)cc(N2CCCOC2=O)c1)C(C)C. The third-order valence-electron chi connectivity index (χ3n) is 8.31. The van der Waals surface area contributed by atoms with Crippen LogP contribution in [0, 0.1) is 5.92 Å². The summed E-state index contributed by atoms with van der Waals surface area (Å²) in [4.78, 5) is 71.5. The molecule has 1 aromatic heterocycles. The summed E-state index contributed by atoms with van der Waals surface area (Å²) >= 11 is 1.43. The van der Waals surface area contributed by atoms with Crippen molar-refractivity contribution in [2.45, 2.75) is 71.6 Å². The summed E-state index contributed by atoms with van der Waals surface area (Å²) in [5, 5.41) is 16.7. The van der Waals surface area contributed by atoms with Crippen molar-refractivity contribution in [2.24, 2.45) is 5.92 Å². The Bertz CT molecular complexity index is 1620. The van der Waals surface area contributed by atoms with Crippen molar-refractivity contribution in [1.29, 1.82) is 0 Å². The largest absolute Gasteiger partial charge is 0.449 e. The molecule has 1 saturated heterocycles. The maximum absolute atomic E-state index is 13.9. The smallest absolute Gasteiger partial charge is 0.414 e. The summed E-state index contributed by atoms with van der Waals surface area (Å²) in [7, 11) is 0. The summed E-state index contributed by atoms with van der Waals surface area (Å²) in [5.41, 5.74) is 4.13. The number of nitrogens with one attached hydrogen (secondary N) is 5. The van der Waals surface area contributed by atoms with E-state index in [1.54, 1.807) is 24.6 Å². The van der Waals surface area contributed by atoms with E-state index in [0.29, 0.717) is 38.2 Å². The highest BCUT2D eigenvalue weighted by Crippen LogP contribution is 2.24. The number of anilines is 1. The molecule has 0 radical (unpaired) electrons. The zero-order valence-corrected chi connectivity index (χ0v) is 30.0. The quantitative estimate of drug-likeness (QED) is 0.151. The first kappa shape index (κ1) is 38.0. The Hall–Kier alpha value is -4.82. The van der Waals surface area contributed by atoms with Gasteiger partial charge in [0.2, 0.25) is 11.8 Å². The number of thiazole rings is 1. The van der Waals surface area contributed by atoms with E-state index in [0.717, 1.165) is 11.3 Å². The monoisotopic (exact) mass is 705 g/mol. The topological polar surface area (TPSA) is 171 Å². The highest BCUT2D eigenvalue weighted by molar-refractivity contribution is 7.07. The van der Waals surface area contributed by atoms with E-state index in [1.807, 2.05) is 63.4 Å². The lowest BCUT2D eigenvalue weighted by Gasteiger charge is -2.27. The highest BCUT2D eigenvalue weighted by Gasteiger charge is 2.28. The van der Waals surface area contributed by atoms with Gasteiger partial charge in [-0.15, -0.1) is 11.3 Å². The third kappa shape index (κ3) is 10.6. The lowest BCUT2D eigenvalue weighted by Crippen LogP contribution is -2.55. The van der Waals surface area contributed by atoms with Crippen molar-refractivity contribution in [1.82, 2.24) is 31.6 Å². The van der Waals surface area contributed by atoms with Gasteiger partial charge in [0.25, 0.3) is 11.8 Å². The van der Waals surface area contributed by atoms with Crippen LogP contribution in [0.1, 0.15) is 79.1 Å². The summed E-state index contributed by atoms with van der Waals surface area (Å²) in [6.45, 7) is 10.4. The standard InChI is InChI=1S/C36H47N7O6S/c1-6-37-35(47)31(22(2)3)42-32(44)24(5)38-19-28(18-29-20-50-21-39-29)41-34(46)27-15-26(16-30(17-27)43-13-10-14-49-36(43)48)33(45)40-23(4)25-11-8-7-9-12-25/h7-9,11-12,15-17,20-24,28,31,38H,6,10,13-14,18-19H2,1-5H3,(H,37,47)(H,40,45)(H,41,46)(H,42,44)/t23-,24+,28+,31+/m1/s1. The van der Waals surface area contributed by atoms with Gasteiger partial charge < -0.3 is 31.3 Å². The van der Waals surface area contributed by atoms with Crippen molar-refractivity contribution in [3.63, 3.8) is 0 Å². The fourth-order valence-electron chi connectivity index (χ4n) is 5.46. The van der Waals surface area contributed by atoms with Gasteiger partial charge in [-0.05, 0) is 56.9 Å². The number of aromatic nitrogens is 1. The van der Waals surface area contributed by atoms with Crippen molar-refractivity contribution >= 4 is 46.7 Å². The van der Waals surface area contributed by atoms with Crippen LogP contribution in [-0.2, 0) is 20.7 Å². The number of carbonyl (C=O) groups excluding carboxylic acids is 5. The number of hydrogen-bond acceptors (Lipinski definition) is 9. The fraction of sp³-hybridized carbons (Fsp3) is 0.444. The minimum absolute atomic E-state index is 0.120. The lowest BCUT2D eigenvalue weighted by molar-refractivity contribution is -0.130. The predicted molar refractivity (Wildman–Crippen MR) is 192 cm³/mol. The number of hydrogen-bond donors (Lipinski definition) is 5.